The van der Waals surface area contributed by atoms with Crippen LogP contribution in [0.25, 0.3) is 103 Å². The average molecular weight is 706 g/mol. The fourth-order valence-corrected chi connectivity index (χ4v) is 9.10. The van der Waals surface area contributed by atoms with Gasteiger partial charge in [-0.3, -0.25) is 4.57 Å². The van der Waals surface area contributed by atoms with Gasteiger partial charge in [0.2, 0.25) is 5.95 Å². The van der Waals surface area contributed by atoms with Crippen molar-refractivity contribution in [2.24, 2.45) is 0 Å². The molecule has 54 heavy (non-hydrogen) atoms. The third-order valence-electron chi connectivity index (χ3n) is 10.6. The number of rotatable bonds is 5. The predicted octanol–water partition coefficient (Wildman–Crippen LogP) is 13.8. The van der Waals surface area contributed by atoms with E-state index in [0.717, 1.165) is 44.3 Å². The normalized spacial score (nSPS) is 11.7. The maximum Gasteiger partial charge on any atom is 0.235 e. The molecule has 0 aliphatic carbocycles. The van der Waals surface area contributed by atoms with Gasteiger partial charge in [0.15, 0.2) is 0 Å². The van der Waals surface area contributed by atoms with Gasteiger partial charge in [0.05, 0.1) is 22.2 Å². The highest BCUT2D eigenvalue weighted by atomic mass is 32.1. The minimum absolute atomic E-state index is 0.653. The lowest BCUT2D eigenvalue weighted by molar-refractivity contribution is 1.01. The first-order valence-corrected chi connectivity index (χ1v) is 19.1. The molecule has 0 N–H and O–H groups in total. The Bertz CT molecular complexity index is 3150. The third kappa shape index (κ3) is 5.03. The zero-order chi connectivity index (χ0) is 35.6. The summed E-state index contributed by atoms with van der Waals surface area (Å²) in [4.78, 5) is 10.7. The van der Waals surface area contributed by atoms with Crippen molar-refractivity contribution in [3.05, 3.63) is 188 Å². The highest BCUT2D eigenvalue weighted by Gasteiger charge is 2.19. The molecule has 3 heterocycles. The molecule has 0 aliphatic heterocycles. The number of benzene rings is 8. The molecule has 11 aromatic rings. The Balaban J connectivity index is 1.13. The van der Waals surface area contributed by atoms with E-state index in [2.05, 4.69) is 193 Å². The summed E-state index contributed by atoms with van der Waals surface area (Å²) in [6.45, 7) is 0. The molecule has 0 atom stereocenters. The number of para-hydroxylation sites is 2. The second kappa shape index (κ2) is 12.4. The Kier molecular flexibility index (Phi) is 7.04. The van der Waals surface area contributed by atoms with Gasteiger partial charge in [-0.05, 0) is 94.0 Å². The quantitative estimate of drug-likeness (QED) is 0.178. The molecule has 0 amide bonds. The van der Waals surface area contributed by atoms with Gasteiger partial charge in [-0.15, -0.1) is 11.3 Å². The van der Waals surface area contributed by atoms with Crippen LogP contribution in [0.15, 0.2) is 188 Å². The number of hydrogen-bond acceptors (Lipinski definition) is 3. The lowest BCUT2D eigenvalue weighted by Gasteiger charge is -2.14. The van der Waals surface area contributed by atoms with Crippen LogP contribution in [0.5, 0.6) is 0 Å². The van der Waals surface area contributed by atoms with E-state index in [1.54, 1.807) is 0 Å². The van der Waals surface area contributed by atoms with E-state index in [-0.39, 0.29) is 0 Å². The van der Waals surface area contributed by atoms with Crippen LogP contribution in [-0.4, -0.2) is 14.5 Å². The average Bonchev–Trinajstić information content (AvgIpc) is 3.79. The molecule has 0 aliphatic rings. The molecular weight excluding hydrogens is 675 g/mol. The molecule has 8 aromatic carbocycles. The molecule has 0 fully saturated rings. The lowest BCUT2D eigenvalue weighted by atomic mass is 9.94. The maximum absolute atomic E-state index is 5.47. The van der Waals surface area contributed by atoms with Crippen LogP contribution in [0.1, 0.15) is 0 Å². The van der Waals surface area contributed by atoms with Crippen LogP contribution in [-0.2, 0) is 0 Å². The van der Waals surface area contributed by atoms with Crippen molar-refractivity contribution in [2.45, 2.75) is 0 Å². The Morgan fingerprint density at radius 1 is 0.333 bits per heavy atom. The van der Waals surface area contributed by atoms with Crippen LogP contribution in [0.3, 0.4) is 0 Å². The Morgan fingerprint density at radius 2 is 0.889 bits per heavy atom. The van der Waals surface area contributed by atoms with Gasteiger partial charge in [0.25, 0.3) is 0 Å². The molecule has 0 radical (unpaired) electrons. The largest absolute Gasteiger partial charge is 0.278 e. The molecule has 3 aromatic heterocycles. The molecule has 3 nitrogen and oxygen atoms in total. The molecule has 11 rings (SSSR count). The van der Waals surface area contributed by atoms with Crippen LogP contribution >= 0.6 is 11.3 Å². The summed E-state index contributed by atoms with van der Waals surface area (Å²) in [6, 6.07) is 67.4. The number of hydrogen-bond donors (Lipinski definition) is 0. The summed E-state index contributed by atoms with van der Waals surface area (Å²) >= 11 is 1.85. The maximum atomic E-state index is 5.47. The van der Waals surface area contributed by atoms with Crippen LogP contribution in [0.2, 0.25) is 0 Å². The fraction of sp³-hybridized carbons (Fsp3) is 0. The van der Waals surface area contributed by atoms with Gasteiger partial charge < -0.3 is 0 Å². The number of fused-ring (bicyclic) bond motifs is 7. The van der Waals surface area contributed by atoms with Crippen molar-refractivity contribution < 1.29 is 0 Å². The van der Waals surface area contributed by atoms with Crippen molar-refractivity contribution in [3.63, 3.8) is 0 Å². The van der Waals surface area contributed by atoms with E-state index in [4.69, 9.17) is 9.97 Å². The van der Waals surface area contributed by atoms with Crippen molar-refractivity contribution in [1.82, 2.24) is 14.5 Å². The van der Waals surface area contributed by atoms with Crippen molar-refractivity contribution >= 4 is 64.2 Å². The summed E-state index contributed by atoms with van der Waals surface area (Å²) in [7, 11) is 0. The van der Waals surface area contributed by atoms with Gasteiger partial charge in [-0.2, -0.15) is 0 Å². The van der Waals surface area contributed by atoms with E-state index in [1.165, 1.54) is 53.2 Å². The van der Waals surface area contributed by atoms with Crippen molar-refractivity contribution in [1.29, 1.82) is 0 Å². The van der Waals surface area contributed by atoms with E-state index in [1.807, 2.05) is 11.3 Å². The third-order valence-corrected chi connectivity index (χ3v) is 11.7. The summed E-state index contributed by atoms with van der Waals surface area (Å²) in [5, 5.41) is 5.98. The summed E-state index contributed by atoms with van der Waals surface area (Å²) < 4.78 is 4.87. The SMILES string of the molecule is c1ccc(-c2cc(-c3ccccc3)cc(-c3nc(-n4c5ccccc5c5cc(-c6ccc7sc8ccccc8c7c6)ccc54)nc4ccccc34)c2)cc1. The Morgan fingerprint density at radius 3 is 1.65 bits per heavy atom. The van der Waals surface area contributed by atoms with Gasteiger partial charge in [-0.25, -0.2) is 9.97 Å². The summed E-state index contributed by atoms with van der Waals surface area (Å²) in [6.07, 6.45) is 0. The second-order valence-corrected chi connectivity index (χ2v) is 14.9. The van der Waals surface area contributed by atoms with Crippen LogP contribution in [0, 0.1) is 0 Å². The van der Waals surface area contributed by atoms with Gasteiger partial charge in [-0.1, -0.05) is 127 Å². The number of thiophene rings is 1. The molecular formula is C50H31N3S. The van der Waals surface area contributed by atoms with Gasteiger partial charge in [0.1, 0.15) is 0 Å². The van der Waals surface area contributed by atoms with Crippen LogP contribution < -0.4 is 0 Å². The lowest BCUT2D eigenvalue weighted by Crippen LogP contribution is -2.03. The highest BCUT2D eigenvalue weighted by Crippen LogP contribution is 2.40. The topological polar surface area (TPSA) is 30.7 Å². The Labute approximate surface area is 316 Å². The van der Waals surface area contributed by atoms with E-state index in [0.29, 0.717) is 5.95 Å². The molecule has 0 saturated heterocycles. The fourth-order valence-electron chi connectivity index (χ4n) is 8.02. The molecule has 252 valence electrons. The molecule has 4 heteroatoms. The number of aromatic nitrogens is 3. The first-order valence-electron chi connectivity index (χ1n) is 18.2. The minimum atomic E-state index is 0.653. The predicted molar refractivity (Wildman–Crippen MR) is 229 cm³/mol. The van der Waals surface area contributed by atoms with E-state index in [9.17, 15) is 0 Å². The number of nitrogens with zero attached hydrogens (tertiary/aromatic N) is 3. The van der Waals surface area contributed by atoms with Gasteiger partial charge >= 0.3 is 0 Å². The standard InChI is InChI=1S/C50H31N3S/c1-3-13-32(14-4-1)36-27-37(33-15-5-2-6-16-33)29-38(28-36)49-41-19-7-10-20-44(41)51-50(52-49)53-45-21-11-8-17-39(45)42-30-34(23-25-46(42)53)35-24-26-48-43(31-35)40-18-9-12-22-47(40)54-48/h1-31H. The first-order chi connectivity index (χ1) is 26.7. The van der Waals surface area contributed by atoms with E-state index >= 15 is 0 Å². The second-order valence-electron chi connectivity index (χ2n) is 13.8. The summed E-state index contributed by atoms with van der Waals surface area (Å²) in [5.74, 6) is 0.653. The monoisotopic (exact) mass is 705 g/mol. The first kappa shape index (κ1) is 30.7. The molecule has 0 unspecified atom stereocenters. The molecule has 0 saturated carbocycles. The van der Waals surface area contributed by atoms with Crippen LogP contribution in [0.4, 0.5) is 0 Å². The zero-order valence-corrected chi connectivity index (χ0v) is 30.0. The van der Waals surface area contributed by atoms with Crippen molar-refractivity contribution in [2.75, 3.05) is 0 Å². The summed E-state index contributed by atoms with van der Waals surface area (Å²) in [5.41, 5.74) is 12.0. The minimum Gasteiger partial charge on any atom is -0.278 e. The molecule has 0 spiro atoms. The molecule has 0 bridgehead atoms. The van der Waals surface area contributed by atoms with E-state index < -0.39 is 0 Å². The van der Waals surface area contributed by atoms with Crippen molar-refractivity contribution in [3.8, 4) is 50.6 Å². The smallest absolute Gasteiger partial charge is 0.235 e. The van der Waals surface area contributed by atoms with Gasteiger partial charge in [0, 0.05) is 41.9 Å². The Hall–Kier alpha value is -6.88. The zero-order valence-electron chi connectivity index (χ0n) is 29.1. The highest BCUT2D eigenvalue weighted by molar-refractivity contribution is 7.25.